The largest absolute Gasteiger partial charge is 0.352 e. The number of amides is 2. The number of carbonyl (C=O) groups excluding carboxylic acids is 2. The molecule has 1 aromatic heterocycles. The third kappa shape index (κ3) is 3.39. The monoisotopic (exact) mass is 406 g/mol. The summed E-state index contributed by atoms with van der Waals surface area (Å²) < 4.78 is 0.739. The molecule has 0 saturated carbocycles. The van der Waals surface area contributed by atoms with Crippen molar-refractivity contribution in [2.24, 2.45) is 0 Å². The summed E-state index contributed by atoms with van der Waals surface area (Å²) in [4.78, 5) is 26.4. The molecular weight excluding hydrogens is 388 g/mol. The highest BCUT2D eigenvalue weighted by Crippen LogP contribution is 2.38. The lowest BCUT2D eigenvalue weighted by atomic mass is 9.95. The van der Waals surface area contributed by atoms with E-state index in [0.717, 1.165) is 35.7 Å². The Labute approximate surface area is 153 Å². The molecule has 0 unspecified atom stereocenters. The van der Waals surface area contributed by atoms with Crippen LogP contribution < -0.4 is 10.6 Å². The first kappa shape index (κ1) is 17.2. The first-order chi connectivity index (χ1) is 11.6. The minimum atomic E-state index is -0.202. The lowest BCUT2D eigenvalue weighted by molar-refractivity contribution is 0.0956. The van der Waals surface area contributed by atoms with Crippen LogP contribution in [0.4, 0.5) is 5.00 Å². The van der Waals surface area contributed by atoms with Gasteiger partial charge in [0.15, 0.2) is 0 Å². The van der Waals surface area contributed by atoms with Gasteiger partial charge in [-0.1, -0.05) is 12.1 Å². The van der Waals surface area contributed by atoms with Crippen molar-refractivity contribution in [3.05, 3.63) is 50.3 Å². The Bertz CT molecular complexity index is 785. The first-order valence-electron chi connectivity index (χ1n) is 8.10. The Morgan fingerprint density at radius 2 is 1.92 bits per heavy atom. The number of rotatable bonds is 4. The topological polar surface area (TPSA) is 58.2 Å². The summed E-state index contributed by atoms with van der Waals surface area (Å²) in [6, 6.07) is 7.28. The second kappa shape index (κ2) is 7.49. The van der Waals surface area contributed by atoms with Crippen molar-refractivity contribution in [3.63, 3.8) is 0 Å². The molecule has 24 heavy (non-hydrogen) atoms. The van der Waals surface area contributed by atoms with Crippen molar-refractivity contribution in [2.45, 2.75) is 32.6 Å². The standard InChI is InChI=1S/C18H19BrN2O2S/c1-2-20-17(23)15-12-8-4-6-10-14(12)24-18(15)21-16(22)11-7-3-5-9-13(11)19/h3,5,7,9H,2,4,6,8,10H2,1H3,(H,20,23)(H,21,22). The minimum Gasteiger partial charge on any atom is -0.352 e. The molecule has 0 radical (unpaired) electrons. The molecule has 126 valence electrons. The molecule has 3 rings (SSSR count). The molecule has 2 N–H and O–H groups in total. The van der Waals surface area contributed by atoms with Crippen LogP contribution in [0.15, 0.2) is 28.7 Å². The fourth-order valence-corrected chi connectivity index (χ4v) is 4.71. The molecule has 2 aromatic rings. The molecule has 0 aliphatic heterocycles. The Hall–Kier alpha value is -1.66. The lowest BCUT2D eigenvalue weighted by Crippen LogP contribution is -2.25. The number of benzene rings is 1. The number of aryl methyl sites for hydroxylation is 1. The molecule has 0 fully saturated rings. The zero-order valence-electron chi connectivity index (χ0n) is 13.4. The second-order valence-electron chi connectivity index (χ2n) is 5.71. The lowest BCUT2D eigenvalue weighted by Gasteiger charge is -2.13. The van der Waals surface area contributed by atoms with E-state index >= 15 is 0 Å². The van der Waals surface area contributed by atoms with E-state index in [1.165, 1.54) is 16.2 Å². The maximum Gasteiger partial charge on any atom is 0.257 e. The summed E-state index contributed by atoms with van der Waals surface area (Å²) in [7, 11) is 0. The highest BCUT2D eigenvalue weighted by Gasteiger charge is 2.26. The van der Waals surface area contributed by atoms with E-state index in [2.05, 4.69) is 26.6 Å². The third-order valence-corrected chi connectivity index (χ3v) is 5.98. The van der Waals surface area contributed by atoms with Crippen LogP contribution in [-0.4, -0.2) is 18.4 Å². The van der Waals surface area contributed by atoms with Gasteiger partial charge < -0.3 is 10.6 Å². The van der Waals surface area contributed by atoms with Gasteiger partial charge in [0.05, 0.1) is 11.1 Å². The van der Waals surface area contributed by atoms with Crippen LogP contribution in [0.2, 0.25) is 0 Å². The quantitative estimate of drug-likeness (QED) is 0.790. The minimum absolute atomic E-state index is 0.0978. The number of halogens is 1. The van der Waals surface area contributed by atoms with Gasteiger partial charge in [0.25, 0.3) is 11.8 Å². The fraction of sp³-hybridized carbons (Fsp3) is 0.333. The summed E-state index contributed by atoms with van der Waals surface area (Å²) in [6.45, 7) is 2.47. The molecule has 1 aliphatic carbocycles. The van der Waals surface area contributed by atoms with Crippen LogP contribution in [0.25, 0.3) is 0 Å². The van der Waals surface area contributed by atoms with Gasteiger partial charge in [0.2, 0.25) is 0 Å². The highest BCUT2D eigenvalue weighted by atomic mass is 79.9. The van der Waals surface area contributed by atoms with Crippen LogP contribution in [-0.2, 0) is 12.8 Å². The van der Waals surface area contributed by atoms with E-state index in [1.54, 1.807) is 6.07 Å². The molecule has 0 bridgehead atoms. The van der Waals surface area contributed by atoms with E-state index in [9.17, 15) is 9.59 Å². The van der Waals surface area contributed by atoms with Crippen molar-refractivity contribution in [1.29, 1.82) is 0 Å². The highest BCUT2D eigenvalue weighted by molar-refractivity contribution is 9.10. The van der Waals surface area contributed by atoms with Crippen molar-refractivity contribution < 1.29 is 9.59 Å². The predicted molar refractivity (Wildman–Crippen MR) is 101 cm³/mol. The molecule has 0 spiro atoms. The van der Waals surface area contributed by atoms with Crippen molar-refractivity contribution in [3.8, 4) is 0 Å². The van der Waals surface area contributed by atoms with E-state index < -0.39 is 0 Å². The number of fused-ring (bicyclic) bond motifs is 1. The fourth-order valence-electron chi connectivity index (χ4n) is 2.96. The number of hydrogen-bond donors (Lipinski definition) is 2. The van der Waals surface area contributed by atoms with E-state index in [0.29, 0.717) is 22.7 Å². The van der Waals surface area contributed by atoms with Gasteiger partial charge in [-0.2, -0.15) is 0 Å². The van der Waals surface area contributed by atoms with Gasteiger partial charge >= 0.3 is 0 Å². The van der Waals surface area contributed by atoms with Crippen molar-refractivity contribution in [1.82, 2.24) is 5.32 Å². The van der Waals surface area contributed by atoms with E-state index in [-0.39, 0.29) is 11.8 Å². The predicted octanol–water partition coefficient (Wildman–Crippen LogP) is 4.39. The van der Waals surface area contributed by atoms with Gasteiger partial charge in [-0.3, -0.25) is 9.59 Å². The molecule has 1 aliphatic rings. The zero-order valence-corrected chi connectivity index (χ0v) is 15.9. The van der Waals surface area contributed by atoms with Gasteiger partial charge in [-0.25, -0.2) is 0 Å². The molecule has 0 atom stereocenters. The molecule has 2 amide bonds. The van der Waals surface area contributed by atoms with E-state index in [4.69, 9.17) is 0 Å². The number of thiophene rings is 1. The van der Waals surface area contributed by atoms with Gasteiger partial charge in [-0.15, -0.1) is 11.3 Å². The van der Waals surface area contributed by atoms with Crippen LogP contribution in [0.3, 0.4) is 0 Å². The Morgan fingerprint density at radius 1 is 1.17 bits per heavy atom. The number of anilines is 1. The first-order valence-corrected chi connectivity index (χ1v) is 9.71. The summed E-state index contributed by atoms with van der Waals surface area (Å²) in [5, 5.41) is 6.48. The summed E-state index contributed by atoms with van der Waals surface area (Å²) in [5.41, 5.74) is 2.32. The Kier molecular flexibility index (Phi) is 5.36. The average Bonchev–Trinajstić information content (AvgIpc) is 2.93. The second-order valence-corrected chi connectivity index (χ2v) is 7.67. The molecule has 1 aromatic carbocycles. The zero-order chi connectivity index (χ0) is 17.1. The maximum atomic E-state index is 12.6. The van der Waals surface area contributed by atoms with Crippen molar-refractivity contribution >= 4 is 44.1 Å². The number of nitrogens with one attached hydrogen (secondary N) is 2. The van der Waals surface area contributed by atoms with Gasteiger partial charge in [0, 0.05) is 15.9 Å². The maximum absolute atomic E-state index is 12.6. The molecule has 6 heteroatoms. The van der Waals surface area contributed by atoms with Crippen LogP contribution >= 0.6 is 27.3 Å². The van der Waals surface area contributed by atoms with Crippen LogP contribution in [0.1, 0.15) is 50.9 Å². The van der Waals surface area contributed by atoms with Crippen LogP contribution in [0, 0.1) is 0 Å². The van der Waals surface area contributed by atoms with Crippen LogP contribution in [0.5, 0.6) is 0 Å². The normalized spacial score (nSPS) is 13.2. The molecule has 1 heterocycles. The molecule has 4 nitrogen and oxygen atoms in total. The Balaban J connectivity index is 1.95. The van der Waals surface area contributed by atoms with Crippen molar-refractivity contribution in [2.75, 3.05) is 11.9 Å². The summed E-state index contributed by atoms with van der Waals surface area (Å²) in [5.74, 6) is -0.300. The molecular formula is C18H19BrN2O2S. The molecule has 0 saturated heterocycles. The summed E-state index contributed by atoms with van der Waals surface area (Å²) in [6.07, 6.45) is 4.12. The third-order valence-electron chi connectivity index (χ3n) is 4.08. The number of carbonyl (C=O) groups is 2. The SMILES string of the molecule is CCNC(=O)c1c(NC(=O)c2ccccc2Br)sc2c1CCCC2. The summed E-state index contributed by atoms with van der Waals surface area (Å²) >= 11 is 4.94. The number of hydrogen-bond acceptors (Lipinski definition) is 3. The Morgan fingerprint density at radius 3 is 2.67 bits per heavy atom. The van der Waals surface area contributed by atoms with E-state index in [1.807, 2.05) is 25.1 Å². The smallest absolute Gasteiger partial charge is 0.257 e. The van der Waals surface area contributed by atoms with Gasteiger partial charge in [-0.05, 0) is 66.2 Å². The van der Waals surface area contributed by atoms with Gasteiger partial charge in [0.1, 0.15) is 5.00 Å². The average molecular weight is 407 g/mol.